The normalized spacial score (nSPS) is 17.4. The molecule has 3 aromatic carbocycles. The molecule has 0 radical (unpaired) electrons. The van der Waals surface area contributed by atoms with Crippen molar-refractivity contribution in [3.05, 3.63) is 90.5 Å². The van der Waals surface area contributed by atoms with Crippen molar-refractivity contribution in [2.75, 3.05) is 37.2 Å². The van der Waals surface area contributed by atoms with E-state index < -0.39 is 0 Å². The minimum absolute atomic E-state index is 0.0583. The van der Waals surface area contributed by atoms with Crippen LogP contribution in [0.2, 0.25) is 0 Å². The van der Waals surface area contributed by atoms with Crippen molar-refractivity contribution in [2.24, 2.45) is 0 Å². The molecule has 0 bridgehead atoms. The highest BCUT2D eigenvalue weighted by Crippen LogP contribution is 2.42. The minimum Gasteiger partial charge on any atom is -0.457 e. The summed E-state index contributed by atoms with van der Waals surface area (Å²) in [5, 5.41) is 0. The summed E-state index contributed by atoms with van der Waals surface area (Å²) in [6, 6.07) is 21.3. The van der Waals surface area contributed by atoms with E-state index in [0.717, 1.165) is 18.0 Å². The lowest BCUT2D eigenvalue weighted by Gasteiger charge is -2.47. The van der Waals surface area contributed by atoms with Crippen molar-refractivity contribution < 1.29 is 9.13 Å². The average molecular weight is 445 g/mol. The number of rotatable bonds is 4. The Balaban J connectivity index is 1.44. The highest BCUT2D eigenvalue weighted by Gasteiger charge is 2.35. The maximum Gasteiger partial charge on any atom is 0.132 e. The molecule has 0 fully saturated rings. The van der Waals surface area contributed by atoms with Crippen molar-refractivity contribution in [3.63, 3.8) is 0 Å². The molecule has 5 rings (SSSR count). The van der Waals surface area contributed by atoms with Gasteiger partial charge in [-0.15, -0.1) is 0 Å². The smallest absolute Gasteiger partial charge is 0.132 e. The van der Waals surface area contributed by atoms with Crippen LogP contribution in [-0.2, 0) is 5.54 Å². The zero-order valence-corrected chi connectivity index (χ0v) is 19.5. The third-order valence-corrected chi connectivity index (χ3v) is 6.59. The lowest BCUT2D eigenvalue weighted by atomic mass is 9.88. The van der Waals surface area contributed by atoms with E-state index in [-0.39, 0.29) is 11.4 Å². The number of fused-ring (bicyclic) bond motifs is 1. The lowest BCUT2D eigenvalue weighted by molar-refractivity contribution is 0.150. The summed E-state index contributed by atoms with van der Waals surface area (Å²) < 4.78 is 20.5. The number of nitrogens with zero attached hydrogens (tertiary/aromatic N) is 4. The topological polar surface area (TPSA) is 22.2 Å². The molecular formula is C27H29FN4O. The van der Waals surface area contributed by atoms with Gasteiger partial charge < -0.3 is 19.4 Å². The second-order valence-corrected chi connectivity index (χ2v) is 9.25. The van der Waals surface area contributed by atoms with Gasteiger partial charge in [0.2, 0.25) is 0 Å². The molecule has 0 aromatic heterocycles. The Morgan fingerprint density at radius 1 is 0.818 bits per heavy atom. The monoisotopic (exact) mass is 444 g/mol. The zero-order valence-electron chi connectivity index (χ0n) is 19.5. The third kappa shape index (κ3) is 4.02. The summed E-state index contributed by atoms with van der Waals surface area (Å²) in [6.45, 7) is 5.93. The zero-order chi connectivity index (χ0) is 23.2. The van der Waals surface area contributed by atoms with Gasteiger partial charge in [0, 0.05) is 60.2 Å². The molecule has 6 heteroatoms. The molecule has 0 saturated carbocycles. The maximum atomic E-state index is 14.4. The quantitative estimate of drug-likeness (QED) is 0.485. The van der Waals surface area contributed by atoms with E-state index in [0.29, 0.717) is 18.2 Å². The Morgan fingerprint density at radius 2 is 1.61 bits per heavy atom. The molecule has 2 heterocycles. The number of benzene rings is 3. The third-order valence-electron chi connectivity index (χ3n) is 6.59. The first-order chi connectivity index (χ1) is 15.8. The van der Waals surface area contributed by atoms with Crippen LogP contribution < -0.4 is 14.5 Å². The Kier molecular flexibility index (Phi) is 5.25. The predicted octanol–water partition coefficient (Wildman–Crippen LogP) is 6.07. The van der Waals surface area contributed by atoms with E-state index in [1.807, 2.05) is 53.5 Å². The highest BCUT2D eigenvalue weighted by molar-refractivity contribution is 5.70. The molecule has 0 amide bonds. The first-order valence-corrected chi connectivity index (χ1v) is 11.1. The van der Waals surface area contributed by atoms with Gasteiger partial charge in [-0.05, 0) is 50.7 Å². The molecule has 5 nitrogen and oxygen atoms in total. The predicted molar refractivity (Wildman–Crippen MR) is 131 cm³/mol. The Hall–Kier alpha value is -3.51. The molecule has 2 aliphatic heterocycles. The standard InChI is InChI=1S/C27H29FN4O/c1-27(2)25-10-5-6-11-26(25)32(19-30(27)4)21-8-7-9-23(16-21)33-24-15-20(28)14-22(17-24)31-13-12-29(3)18-31/h5-17H,18-19H2,1-4H3. The number of halogens is 1. The molecule has 0 unspecified atom stereocenters. The maximum absolute atomic E-state index is 14.4. The van der Waals surface area contributed by atoms with E-state index in [2.05, 4.69) is 61.0 Å². The van der Waals surface area contributed by atoms with Crippen LogP contribution in [0.1, 0.15) is 19.4 Å². The van der Waals surface area contributed by atoms with Crippen LogP contribution in [0.25, 0.3) is 0 Å². The molecule has 0 spiro atoms. The van der Waals surface area contributed by atoms with E-state index in [9.17, 15) is 4.39 Å². The lowest BCUT2D eigenvalue weighted by Crippen LogP contribution is -2.49. The summed E-state index contributed by atoms with van der Waals surface area (Å²) in [4.78, 5) is 8.63. The van der Waals surface area contributed by atoms with Crippen LogP contribution in [-0.4, -0.2) is 37.2 Å². The van der Waals surface area contributed by atoms with Gasteiger partial charge in [-0.3, -0.25) is 4.90 Å². The largest absolute Gasteiger partial charge is 0.457 e. The van der Waals surface area contributed by atoms with Gasteiger partial charge >= 0.3 is 0 Å². The van der Waals surface area contributed by atoms with E-state index in [1.54, 1.807) is 0 Å². The summed E-state index contributed by atoms with van der Waals surface area (Å²) in [7, 11) is 4.12. The SMILES string of the molecule is CN1C=CN(c2cc(F)cc(Oc3cccc(N4CN(C)C(C)(C)c5ccccc54)c3)c2)C1. The molecule has 0 N–H and O–H groups in total. The van der Waals surface area contributed by atoms with Gasteiger partial charge in [-0.1, -0.05) is 24.3 Å². The fourth-order valence-corrected chi connectivity index (χ4v) is 4.44. The van der Waals surface area contributed by atoms with Crippen LogP contribution >= 0.6 is 0 Å². The summed E-state index contributed by atoms with van der Waals surface area (Å²) >= 11 is 0. The van der Waals surface area contributed by atoms with Gasteiger partial charge in [0.05, 0.1) is 13.3 Å². The summed E-state index contributed by atoms with van der Waals surface area (Å²) in [5.74, 6) is 0.820. The highest BCUT2D eigenvalue weighted by atomic mass is 19.1. The van der Waals surface area contributed by atoms with Gasteiger partial charge in [-0.2, -0.15) is 0 Å². The van der Waals surface area contributed by atoms with Crippen LogP contribution in [0, 0.1) is 5.82 Å². The van der Waals surface area contributed by atoms with Crippen molar-refractivity contribution in [3.8, 4) is 11.5 Å². The van der Waals surface area contributed by atoms with E-state index in [4.69, 9.17) is 4.74 Å². The van der Waals surface area contributed by atoms with Gasteiger partial charge in [0.15, 0.2) is 0 Å². The number of hydrogen-bond acceptors (Lipinski definition) is 5. The molecule has 2 aliphatic rings. The summed E-state index contributed by atoms with van der Waals surface area (Å²) in [5.41, 5.74) is 4.20. The van der Waals surface area contributed by atoms with Crippen LogP contribution in [0.15, 0.2) is 79.1 Å². The van der Waals surface area contributed by atoms with Crippen LogP contribution in [0.5, 0.6) is 11.5 Å². The molecule has 0 aliphatic carbocycles. The van der Waals surface area contributed by atoms with Gasteiger partial charge in [-0.25, -0.2) is 4.39 Å². The van der Waals surface area contributed by atoms with Gasteiger partial charge in [0.1, 0.15) is 17.3 Å². The molecule has 3 aromatic rings. The van der Waals surface area contributed by atoms with Gasteiger partial charge in [0.25, 0.3) is 0 Å². The molecule has 0 atom stereocenters. The van der Waals surface area contributed by atoms with Crippen molar-refractivity contribution in [1.29, 1.82) is 0 Å². The van der Waals surface area contributed by atoms with E-state index in [1.165, 1.54) is 23.4 Å². The number of para-hydroxylation sites is 1. The number of hydrogen-bond donors (Lipinski definition) is 0. The van der Waals surface area contributed by atoms with Crippen molar-refractivity contribution >= 4 is 17.1 Å². The minimum atomic E-state index is -0.324. The van der Waals surface area contributed by atoms with Crippen LogP contribution in [0.4, 0.5) is 21.5 Å². The summed E-state index contributed by atoms with van der Waals surface area (Å²) in [6.07, 6.45) is 3.90. The second kappa shape index (κ2) is 8.12. The van der Waals surface area contributed by atoms with E-state index >= 15 is 0 Å². The fraction of sp³-hybridized carbons (Fsp3) is 0.259. The van der Waals surface area contributed by atoms with Crippen molar-refractivity contribution in [1.82, 2.24) is 9.80 Å². The van der Waals surface area contributed by atoms with Crippen LogP contribution in [0.3, 0.4) is 0 Å². The molecular weight excluding hydrogens is 415 g/mol. The molecule has 33 heavy (non-hydrogen) atoms. The first kappa shape index (κ1) is 21.3. The average Bonchev–Trinajstić information content (AvgIpc) is 3.23. The molecule has 170 valence electrons. The molecule has 0 saturated heterocycles. The Labute approximate surface area is 194 Å². The van der Waals surface area contributed by atoms with Crippen molar-refractivity contribution in [2.45, 2.75) is 19.4 Å². The number of ether oxygens (including phenoxy) is 1. The second-order valence-electron chi connectivity index (χ2n) is 9.25. The first-order valence-electron chi connectivity index (χ1n) is 11.1. The Bertz CT molecular complexity index is 1210. The fourth-order valence-electron chi connectivity index (χ4n) is 4.44. The number of anilines is 3. The Morgan fingerprint density at radius 3 is 2.39 bits per heavy atom.